The molecule has 0 bridgehead atoms. The van der Waals surface area contributed by atoms with Gasteiger partial charge in [-0.1, -0.05) is 97.1 Å². The smallest absolute Gasteiger partial charge is 0.200 e. The van der Waals surface area contributed by atoms with Crippen molar-refractivity contribution in [1.82, 2.24) is 29.1 Å². The van der Waals surface area contributed by atoms with E-state index in [-0.39, 0.29) is 0 Å². The van der Waals surface area contributed by atoms with Gasteiger partial charge < -0.3 is 4.57 Å². The SMILES string of the molecule is c1ccc(Cn2c(-c3ccccc3)c(-c3ccccc3)c3c2ncn2nc(-c4ccccn4)nc32)cc1. The van der Waals surface area contributed by atoms with Crippen LogP contribution in [0.2, 0.25) is 0 Å². The number of rotatable bonds is 5. The molecule has 0 radical (unpaired) electrons. The van der Waals surface area contributed by atoms with Crippen LogP contribution in [0.3, 0.4) is 0 Å². The molecule has 0 amide bonds. The first-order valence-electron chi connectivity index (χ1n) is 12.2. The van der Waals surface area contributed by atoms with Gasteiger partial charge in [0, 0.05) is 18.3 Å². The van der Waals surface area contributed by atoms with E-state index in [9.17, 15) is 0 Å². The minimum absolute atomic E-state index is 0.575. The van der Waals surface area contributed by atoms with Crippen LogP contribution in [0.15, 0.2) is 122 Å². The van der Waals surface area contributed by atoms with Crippen molar-refractivity contribution in [2.24, 2.45) is 0 Å². The first-order chi connectivity index (χ1) is 18.4. The van der Waals surface area contributed by atoms with Crippen molar-refractivity contribution in [2.75, 3.05) is 0 Å². The molecule has 0 atom stereocenters. The largest absolute Gasteiger partial charge is 0.320 e. The fraction of sp³-hybridized carbons (Fsp3) is 0.0323. The standard InChI is InChI=1S/C31H22N6/c1-4-12-22(13-5-1)20-36-28(24-16-8-3-9-17-24)26(23-14-6-2-7-15-23)27-30(36)33-21-37-31(27)34-29(35-37)25-18-10-11-19-32-25/h1-19,21H,20H2. The number of hydrogen-bond acceptors (Lipinski definition) is 4. The fourth-order valence-electron chi connectivity index (χ4n) is 4.94. The van der Waals surface area contributed by atoms with Gasteiger partial charge in [-0.25, -0.2) is 14.5 Å². The second-order valence-electron chi connectivity index (χ2n) is 8.89. The molecule has 7 aromatic rings. The van der Waals surface area contributed by atoms with E-state index < -0.39 is 0 Å². The second-order valence-corrected chi connectivity index (χ2v) is 8.89. The molecule has 4 heterocycles. The summed E-state index contributed by atoms with van der Waals surface area (Å²) < 4.78 is 4.07. The molecule has 0 aliphatic carbocycles. The van der Waals surface area contributed by atoms with Gasteiger partial charge in [-0.2, -0.15) is 0 Å². The van der Waals surface area contributed by atoms with Crippen molar-refractivity contribution >= 4 is 16.7 Å². The third-order valence-corrected chi connectivity index (χ3v) is 6.57. The first-order valence-corrected chi connectivity index (χ1v) is 12.2. The van der Waals surface area contributed by atoms with Gasteiger partial charge in [0.15, 0.2) is 5.65 Å². The molecule has 0 saturated heterocycles. The molecule has 7 rings (SSSR count). The van der Waals surface area contributed by atoms with Gasteiger partial charge in [-0.05, 0) is 28.8 Å². The lowest BCUT2D eigenvalue weighted by Gasteiger charge is -2.13. The van der Waals surface area contributed by atoms with E-state index >= 15 is 0 Å². The van der Waals surface area contributed by atoms with Gasteiger partial charge in [0.25, 0.3) is 0 Å². The molecule has 4 aromatic heterocycles. The summed E-state index contributed by atoms with van der Waals surface area (Å²) in [5, 5.41) is 5.71. The monoisotopic (exact) mass is 478 g/mol. The van der Waals surface area contributed by atoms with Crippen LogP contribution in [-0.2, 0) is 6.54 Å². The van der Waals surface area contributed by atoms with E-state index in [1.807, 2.05) is 36.4 Å². The number of hydrogen-bond donors (Lipinski definition) is 0. The van der Waals surface area contributed by atoms with Crippen LogP contribution in [0.5, 0.6) is 0 Å². The van der Waals surface area contributed by atoms with Crippen LogP contribution in [0.4, 0.5) is 0 Å². The summed E-state index contributed by atoms with van der Waals surface area (Å²) in [6.45, 7) is 0.679. The van der Waals surface area contributed by atoms with E-state index in [4.69, 9.17) is 15.1 Å². The van der Waals surface area contributed by atoms with Gasteiger partial charge in [0.05, 0.1) is 11.1 Å². The van der Waals surface area contributed by atoms with Crippen molar-refractivity contribution in [2.45, 2.75) is 6.54 Å². The van der Waals surface area contributed by atoms with Gasteiger partial charge in [0.1, 0.15) is 17.7 Å². The van der Waals surface area contributed by atoms with E-state index in [0.717, 1.165) is 44.8 Å². The fourth-order valence-corrected chi connectivity index (χ4v) is 4.94. The number of nitrogens with zero attached hydrogens (tertiary/aromatic N) is 6. The van der Waals surface area contributed by atoms with Crippen LogP contribution in [-0.4, -0.2) is 29.1 Å². The highest BCUT2D eigenvalue weighted by Gasteiger charge is 2.25. The summed E-state index contributed by atoms with van der Waals surface area (Å²) in [6.07, 6.45) is 3.51. The Morgan fingerprint density at radius 3 is 2.00 bits per heavy atom. The molecule has 6 nitrogen and oxygen atoms in total. The molecule has 176 valence electrons. The average Bonchev–Trinajstić information content (AvgIpc) is 3.55. The Kier molecular flexibility index (Phi) is 5.07. The molecule has 37 heavy (non-hydrogen) atoms. The summed E-state index contributed by atoms with van der Waals surface area (Å²) >= 11 is 0. The summed E-state index contributed by atoms with van der Waals surface area (Å²) in [5.74, 6) is 0.575. The summed E-state index contributed by atoms with van der Waals surface area (Å²) in [7, 11) is 0. The summed E-state index contributed by atoms with van der Waals surface area (Å²) in [5.41, 5.74) is 7.99. The Balaban J connectivity index is 1.60. The molecular formula is C31H22N6. The van der Waals surface area contributed by atoms with Gasteiger partial charge in [0.2, 0.25) is 5.82 Å². The van der Waals surface area contributed by atoms with Crippen LogP contribution in [0, 0.1) is 0 Å². The van der Waals surface area contributed by atoms with Gasteiger partial charge in [-0.15, -0.1) is 5.10 Å². The third-order valence-electron chi connectivity index (χ3n) is 6.57. The number of fused-ring (bicyclic) bond motifs is 3. The first kappa shape index (κ1) is 21.2. The van der Waals surface area contributed by atoms with Crippen LogP contribution < -0.4 is 0 Å². The maximum atomic E-state index is 4.99. The topological polar surface area (TPSA) is 60.9 Å². The number of aromatic nitrogens is 6. The molecular weight excluding hydrogens is 456 g/mol. The zero-order valence-corrected chi connectivity index (χ0v) is 19.9. The molecule has 0 spiro atoms. The zero-order chi connectivity index (χ0) is 24.6. The second kappa shape index (κ2) is 8.84. The lowest BCUT2D eigenvalue weighted by Crippen LogP contribution is -2.03. The van der Waals surface area contributed by atoms with E-state index in [2.05, 4.69) is 82.3 Å². The lowest BCUT2D eigenvalue weighted by atomic mass is 9.99. The Morgan fingerprint density at radius 2 is 1.30 bits per heavy atom. The third kappa shape index (κ3) is 3.67. The lowest BCUT2D eigenvalue weighted by molar-refractivity contribution is 0.826. The average molecular weight is 479 g/mol. The Labute approximate surface area is 213 Å². The van der Waals surface area contributed by atoms with Crippen molar-refractivity contribution < 1.29 is 0 Å². The normalized spacial score (nSPS) is 11.4. The quantitative estimate of drug-likeness (QED) is 0.282. The molecule has 0 aliphatic rings. The van der Waals surface area contributed by atoms with Crippen LogP contribution >= 0.6 is 0 Å². The Hall–Kier alpha value is -5.10. The van der Waals surface area contributed by atoms with Crippen LogP contribution in [0.1, 0.15) is 5.56 Å². The van der Waals surface area contributed by atoms with Gasteiger partial charge >= 0.3 is 0 Å². The molecule has 0 saturated carbocycles. The molecule has 0 aliphatic heterocycles. The molecule has 6 heteroatoms. The van der Waals surface area contributed by atoms with E-state index in [1.165, 1.54) is 5.56 Å². The Morgan fingerprint density at radius 1 is 0.622 bits per heavy atom. The van der Waals surface area contributed by atoms with E-state index in [0.29, 0.717) is 12.4 Å². The van der Waals surface area contributed by atoms with Crippen molar-refractivity contribution in [1.29, 1.82) is 0 Å². The highest BCUT2D eigenvalue weighted by molar-refractivity contribution is 6.09. The molecule has 0 fully saturated rings. The van der Waals surface area contributed by atoms with Crippen molar-refractivity contribution in [3.8, 4) is 33.9 Å². The highest BCUT2D eigenvalue weighted by Crippen LogP contribution is 2.42. The molecule has 3 aromatic carbocycles. The van der Waals surface area contributed by atoms with Crippen molar-refractivity contribution in [3.63, 3.8) is 0 Å². The maximum Gasteiger partial charge on any atom is 0.200 e. The molecule has 0 N–H and O–H groups in total. The predicted octanol–water partition coefficient (Wildman–Crippen LogP) is 6.52. The Bertz CT molecular complexity index is 1820. The zero-order valence-electron chi connectivity index (χ0n) is 19.9. The maximum absolute atomic E-state index is 4.99. The number of pyridine rings is 1. The minimum Gasteiger partial charge on any atom is -0.320 e. The molecule has 0 unspecified atom stereocenters. The van der Waals surface area contributed by atoms with Gasteiger partial charge in [-0.3, -0.25) is 4.98 Å². The predicted molar refractivity (Wildman–Crippen MR) is 146 cm³/mol. The van der Waals surface area contributed by atoms with Crippen molar-refractivity contribution in [3.05, 3.63) is 127 Å². The summed E-state index contributed by atoms with van der Waals surface area (Å²) in [4.78, 5) is 14.4. The minimum atomic E-state index is 0.575. The van der Waals surface area contributed by atoms with Crippen LogP contribution in [0.25, 0.3) is 50.6 Å². The van der Waals surface area contributed by atoms with E-state index in [1.54, 1.807) is 17.0 Å². The summed E-state index contributed by atoms with van der Waals surface area (Å²) in [6, 6.07) is 37.2. The number of benzene rings is 3. The highest BCUT2D eigenvalue weighted by atomic mass is 15.3.